The molecule has 116 valence electrons. The van der Waals surface area contributed by atoms with E-state index in [0.717, 1.165) is 0 Å². The van der Waals surface area contributed by atoms with Crippen LogP contribution < -0.4 is 0 Å². The second-order valence-corrected chi connectivity index (χ2v) is 6.29. The van der Waals surface area contributed by atoms with Gasteiger partial charge < -0.3 is 4.74 Å². The van der Waals surface area contributed by atoms with Gasteiger partial charge in [0, 0.05) is 5.02 Å². The summed E-state index contributed by atoms with van der Waals surface area (Å²) < 4.78 is 5.16. The van der Waals surface area contributed by atoms with Gasteiger partial charge in [0.05, 0.1) is 20.6 Å². The first-order chi connectivity index (χ1) is 10.9. The number of ether oxygens (including phenoxy) is 1. The second kappa shape index (κ2) is 6.54. The molecule has 3 nitrogen and oxygen atoms in total. The third-order valence-electron chi connectivity index (χ3n) is 3.03. The van der Waals surface area contributed by atoms with E-state index in [-0.39, 0.29) is 11.6 Å². The first-order valence-corrected chi connectivity index (χ1v) is 7.88. The van der Waals surface area contributed by atoms with E-state index in [1.165, 1.54) is 0 Å². The smallest absolute Gasteiger partial charge is 0.363 e. The van der Waals surface area contributed by atoms with Gasteiger partial charge in [-0.2, -0.15) is 0 Å². The molecule has 23 heavy (non-hydrogen) atoms. The third-order valence-corrected chi connectivity index (χ3v) is 4.33. The predicted molar refractivity (Wildman–Crippen MR) is 93.5 cm³/mol. The van der Waals surface area contributed by atoms with Crippen molar-refractivity contribution in [2.45, 2.75) is 0 Å². The molecule has 0 atom stereocenters. The monoisotopic (exact) mass is 385 g/mol. The van der Waals surface area contributed by atoms with Crippen LogP contribution in [-0.4, -0.2) is 11.9 Å². The van der Waals surface area contributed by atoms with Crippen molar-refractivity contribution >= 4 is 64.3 Å². The largest absolute Gasteiger partial charge is 0.402 e. The van der Waals surface area contributed by atoms with Gasteiger partial charge in [-0.3, -0.25) is 0 Å². The van der Waals surface area contributed by atoms with Gasteiger partial charge in [0.25, 0.3) is 0 Å². The van der Waals surface area contributed by atoms with Crippen LogP contribution in [0, 0.1) is 0 Å². The summed E-state index contributed by atoms with van der Waals surface area (Å²) in [5.41, 5.74) is 1.26. The topological polar surface area (TPSA) is 38.7 Å². The molecule has 7 heteroatoms. The normalized spacial score (nSPS) is 15.7. The number of benzene rings is 2. The molecule has 0 N–H and O–H groups in total. The van der Waals surface area contributed by atoms with Crippen LogP contribution in [0.5, 0.6) is 0 Å². The number of aliphatic imine (C=N–C) groups is 1. The van der Waals surface area contributed by atoms with Crippen LogP contribution in [-0.2, 0) is 9.53 Å². The number of rotatable bonds is 2. The van der Waals surface area contributed by atoms with E-state index in [0.29, 0.717) is 31.2 Å². The number of nitrogens with zero attached hydrogens (tertiary/aromatic N) is 1. The summed E-state index contributed by atoms with van der Waals surface area (Å²) in [5, 5.41) is 1.66. The van der Waals surface area contributed by atoms with Gasteiger partial charge >= 0.3 is 5.97 Å². The molecule has 0 aliphatic carbocycles. The lowest BCUT2D eigenvalue weighted by atomic mass is 10.2. The Bertz CT molecular complexity index is 874. The minimum atomic E-state index is -0.581. The molecule has 0 fully saturated rings. The van der Waals surface area contributed by atoms with Crippen LogP contribution in [0.2, 0.25) is 20.1 Å². The first-order valence-electron chi connectivity index (χ1n) is 6.37. The van der Waals surface area contributed by atoms with Crippen molar-refractivity contribution in [3.63, 3.8) is 0 Å². The zero-order valence-corrected chi connectivity index (χ0v) is 14.3. The highest BCUT2D eigenvalue weighted by atomic mass is 35.5. The molecule has 0 bridgehead atoms. The van der Waals surface area contributed by atoms with Crippen LogP contribution in [0.1, 0.15) is 11.1 Å². The number of halogens is 4. The van der Waals surface area contributed by atoms with Crippen molar-refractivity contribution in [2.24, 2.45) is 4.99 Å². The Balaban J connectivity index is 1.99. The summed E-state index contributed by atoms with van der Waals surface area (Å²) in [7, 11) is 0. The molecule has 0 radical (unpaired) electrons. The summed E-state index contributed by atoms with van der Waals surface area (Å²) >= 11 is 23.8. The fourth-order valence-corrected chi connectivity index (χ4v) is 2.62. The lowest BCUT2D eigenvalue weighted by Gasteiger charge is -2.02. The van der Waals surface area contributed by atoms with Gasteiger partial charge in [0.2, 0.25) is 5.90 Å². The number of carbonyl (C=O) groups is 1. The molecule has 0 saturated carbocycles. The number of hydrogen-bond donors (Lipinski definition) is 0. The minimum absolute atomic E-state index is 0.105. The zero-order valence-electron chi connectivity index (χ0n) is 11.3. The molecule has 0 aromatic heterocycles. The van der Waals surface area contributed by atoms with Gasteiger partial charge in [0.1, 0.15) is 0 Å². The van der Waals surface area contributed by atoms with Crippen molar-refractivity contribution < 1.29 is 9.53 Å². The summed E-state index contributed by atoms with van der Waals surface area (Å²) in [6.07, 6.45) is 1.55. The molecule has 0 amide bonds. The predicted octanol–water partition coefficient (Wildman–Crippen LogP) is 5.64. The van der Waals surface area contributed by atoms with Gasteiger partial charge in [-0.05, 0) is 42.0 Å². The van der Waals surface area contributed by atoms with E-state index >= 15 is 0 Å². The van der Waals surface area contributed by atoms with Crippen LogP contribution in [0.4, 0.5) is 0 Å². The average molecular weight is 387 g/mol. The Kier molecular flexibility index (Phi) is 4.64. The maximum atomic E-state index is 12.0. The van der Waals surface area contributed by atoms with Gasteiger partial charge in [-0.25, -0.2) is 9.79 Å². The van der Waals surface area contributed by atoms with Crippen LogP contribution in [0.25, 0.3) is 6.08 Å². The first kappa shape index (κ1) is 16.3. The Morgan fingerprint density at radius 1 is 0.913 bits per heavy atom. The van der Waals surface area contributed by atoms with E-state index in [4.69, 9.17) is 51.1 Å². The highest BCUT2D eigenvalue weighted by Crippen LogP contribution is 2.28. The summed E-state index contributed by atoms with van der Waals surface area (Å²) in [4.78, 5) is 16.1. The lowest BCUT2D eigenvalue weighted by Crippen LogP contribution is -2.06. The van der Waals surface area contributed by atoms with E-state index in [1.807, 2.05) is 0 Å². The highest BCUT2D eigenvalue weighted by Gasteiger charge is 2.25. The molecule has 2 aromatic carbocycles. The maximum absolute atomic E-state index is 12.0. The average Bonchev–Trinajstić information content (AvgIpc) is 2.86. The van der Waals surface area contributed by atoms with Crippen molar-refractivity contribution in [2.75, 3.05) is 0 Å². The second-order valence-electron chi connectivity index (χ2n) is 4.63. The molecule has 0 unspecified atom stereocenters. The van der Waals surface area contributed by atoms with E-state index in [9.17, 15) is 4.79 Å². The number of hydrogen-bond acceptors (Lipinski definition) is 3. The van der Waals surface area contributed by atoms with Crippen molar-refractivity contribution in [3.8, 4) is 0 Å². The molecule has 1 heterocycles. The summed E-state index contributed by atoms with van der Waals surface area (Å²) in [6, 6.07) is 9.80. The Morgan fingerprint density at radius 3 is 2.39 bits per heavy atom. The summed E-state index contributed by atoms with van der Waals surface area (Å²) in [6.45, 7) is 0. The van der Waals surface area contributed by atoms with Gasteiger partial charge in [0.15, 0.2) is 5.70 Å². The van der Waals surface area contributed by atoms with E-state index < -0.39 is 5.97 Å². The Hall–Kier alpha value is -1.52. The zero-order chi connectivity index (χ0) is 16.6. The fourth-order valence-electron chi connectivity index (χ4n) is 1.95. The maximum Gasteiger partial charge on any atom is 0.363 e. The molecule has 3 rings (SSSR count). The highest BCUT2D eigenvalue weighted by molar-refractivity contribution is 6.42. The van der Waals surface area contributed by atoms with Crippen molar-refractivity contribution in [1.29, 1.82) is 0 Å². The number of cyclic esters (lactones) is 1. The SMILES string of the molecule is O=C1OC(c2cc(Cl)ccc2Cl)=NC1=Cc1ccc(Cl)c(Cl)c1. The molecular weight excluding hydrogens is 380 g/mol. The lowest BCUT2D eigenvalue weighted by molar-refractivity contribution is -0.129. The Morgan fingerprint density at radius 2 is 1.65 bits per heavy atom. The quantitative estimate of drug-likeness (QED) is 0.494. The molecule has 0 saturated heterocycles. The van der Waals surface area contributed by atoms with E-state index in [2.05, 4.69) is 4.99 Å². The number of carbonyl (C=O) groups excluding carboxylic acids is 1. The van der Waals surface area contributed by atoms with Crippen LogP contribution in [0.15, 0.2) is 47.1 Å². The van der Waals surface area contributed by atoms with Crippen molar-refractivity contribution in [3.05, 3.63) is 73.3 Å². The molecular formula is C16H7Cl4NO2. The summed E-state index contributed by atoms with van der Waals surface area (Å²) in [5.74, 6) is -0.476. The van der Waals surface area contributed by atoms with Crippen LogP contribution >= 0.6 is 46.4 Å². The van der Waals surface area contributed by atoms with Gasteiger partial charge in [-0.1, -0.05) is 52.5 Å². The van der Waals surface area contributed by atoms with Gasteiger partial charge in [-0.15, -0.1) is 0 Å². The minimum Gasteiger partial charge on any atom is -0.402 e. The standard InChI is InChI=1S/C16H7Cl4NO2/c17-9-2-4-11(18)10(7-9)15-21-14(16(22)23-15)6-8-1-3-12(19)13(20)5-8/h1-7H. The molecule has 0 spiro atoms. The number of esters is 1. The van der Waals surface area contributed by atoms with E-state index in [1.54, 1.807) is 42.5 Å². The molecule has 1 aliphatic rings. The van der Waals surface area contributed by atoms with Crippen molar-refractivity contribution in [1.82, 2.24) is 0 Å². The third kappa shape index (κ3) is 3.54. The van der Waals surface area contributed by atoms with Crippen LogP contribution in [0.3, 0.4) is 0 Å². The fraction of sp³-hybridized carbons (Fsp3) is 0. The Labute approximate surface area is 152 Å². The molecule has 2 aromatic rings. The molecule has 1 aliphatic heterocycles.